The van der Waals surface area contributed by atoms with Gasteiger partial charge in [0, 0.05) is 0 Å². The largest absolute Gasteiger partial charge is 0.497 e. The zero-order chi connectivity index (χ0) is 12.5. The van der Waals surface area contributed by atoms with Crippen LogP contribution in [0.15, 0.2) is 24.3 Å². The van der Waals surface area contributed by atoms with Crippen LogP contribution in [0.1, 0.15) is 5.56 Å². The predicted molar refractivity (Wildman–Crippen MR) is 57.3 cm³/mol. The molecule has 2 rings (SSSR count). The third-order valence-corrected chi connectivity index (χ3v) is 2.72. The average Bonchev–Trinajstić information content (AvgIpc) is 2.65. The van der Waals surface area contributed by atoms with Crippen molar-refractivity contribution in [3.8, 4) is 5.75 Å². The zero-order valence-electron chi connectivity index (χ0n) is 9.12. The Labute approximate surface area is 97.0 Å². The molecule has 1 aromatic rings. The second-order valence-electron chi connectivity index (χ2n) is 3.68. The molecule has 0 spiro atoms. The summed E-state index contributed by atoms with van der Waals surface area (Å²) < 4.78 is 18.1. The number of hydrogen-bond acceptors (Lipinski definition) is 3. The smallest absolute Gasteiger partial charge is 0.322 e. The van der Waals surface area contributed by atoms with Gasteiger partial charge in [-0.2, -0.15) is 0 Å². The van der Waals surface area contributed by atoms with Gasteiger partial charge < -0.3 is 10.1 Å². The van der Waals surface area contributed by atoms with Gasteiger partial charge in [-0.25, -0.2) is 9.18 Å². The number of methoxy groups -OCH3 is 1. The van der Waals surface area contributed by atoms with E-state index in [9.17, 15) is 14.0 Å². The number of amides is 3. The molecule has 2 N–H and O–H groups in total. The first-order valence-corrected chi connectivity index (χ1v) is 4.96. The maximum absolute atomic E-state index is 13.1. The number of urea groups is 1. The lowest BCUT2D eigenvalue weighted by Gasteiger charge is -2.22. The lowest BCUT2D eigenvalue weighted by atomic mass is 9.91. The molecule has 0 bridgehead atoms. The number of hydrogen-bond donors (Lipinski definition) is 2. The quantitative estimate of drug-likeness (QED) is 0.762. The Morgan fingerprint density at radius 2 is 1.94 bits per heavy atom. The summed E-state index contributed by atoms with van der Waals surface area (Å²) in [6.45, 7) is -1.00. The van der Waals surface area contributed by atoms with Crippen LogP contribution in [0.3, 0.4) is 0 Å². The van der Waals surface area contributed by atoms with E-state index in [-0.39, 0.29) is 0 Å². The number of nitrogens with one attached hydrogen (secondary N) is 2. The normalized spacial score (nSPS) is 23.2. The average molecular weight is 238 g/mol. The first-order chi connectivity index (χ1) is 8.12. The van der Waals surface area contributed by atoms with Gasteiger partial charge in [-0.3, -0.25) is 10.1 Å². The summed E-state index contributed by atoms with van der Waals surface area (Å²) in [7, 11) is 1.50. The van der Waals surface area contributed by atoms with Gasteiger partial charge in [-0.15, -0.1) is 0 Å². The molecule has 3 amide bonds. The van der Waals surface area contributed by atoms with E-state index in [1.54, 1.807) is 24.3 Å². The molecule has 1 atom stereocenters. The highest BCUT2D eigenvalue weighted by Crippen LogP contribution is 2.27. The van der Waals surface area contributed by atoms with Crippen molar-refractivity contribution >= 4 is 11.9 Å². The van der Waals surface area contributed by atoms with Crippen molar-refractivity contribution in [3.05, 3.63) is 29.8 Å². The van der Waals surface area contributed by atoms with E-state index in [0.717, 1.165) is 0 Å². The zero-order valence-corrected chi connectivity index (χ0v) is 9.12. The van der Waals surface area contributed by atoms with E-state index in [1.807, 2.05) is 5.32 Å². The predicted octanol–water partition coefficient (Wildman–Crippen LogP) is 0.699. The lowest BCUT2D eigenvalue weighted by Crippen LogP contribution is -2.45. The fraction of sp³-hybridized carbons (Fsp3) is 0.273. The molecule has 17 heavy (non-hydrogen) atoms. The summed E-state index contributed by atoms with van der Waals surface area (Å²) in [6.07, 6.45) is 0. The van der Waals surface area contributed by atoms with Crippen LogP contribution in [0.5, 0.6) is 5.75 Å². The Morgan fingerprint density at radius 1 is 1.29 bits per heavy atom. The van der Waals surface area contributed by atoms with Gasteiger partial charge in [-0.05, 0) is 17.7 Å². The number of alkyl halides is 1. The molecule has 0 aliphatic carbocycles. The molecular formula is C11H11FN2O3. The van der Waals surface area contributed by atoms with Crippen LogP contribution in [-0.4, -0.2) is 25.7 Å². The summed E-state index contributed by atoms with van der Waals surface area (Å²) in [4.78, 5) is 22.7. The van der Waals surface area contributed by atoms with E-state index in [1.165, 1.54) is 7.11 Å². The molecule has 1 aliphatic rings. The van der Waals surface area contributed by atoms with E-state index in [4.69, 9.17) is 4.74 Å². The first-order valence-electron chi connectivity index (χ1n) is 4.96. The molecule has 0 radical (unpaired) electrons. The van der Waals surface area contributed by atoms with Crippen LogP contribution < -0.4 is 15.4 Å². The minimum Gasteiger partial charge on any atom is -0.497 e. The monoisotopic (exact) mass is 238 g/mol. The van der Waals surface area contributed by atoms with Gasteiger partial charge in [0.05, 0.1) is 7.11 Å². The van der Waals surface area contributed by atoms with Gasteiger partial charge >= 0.3 is 6.03 Å². The Kier molecular flexibility index (Phi) is 2.71. The van der Waals surface area contributed by atoms with Gasteiger partial charge in [0.25, 0.3) is 5.91 Å². The van der Waals surface area contributed by atoms with Crippen LogP contribution in [-0.2, 0) is 10.3 Å². The van der Waals surface area contributed by atoms with Crippen LogP contribution in [0.25, 0.3) is 0 Å². The Balaban J connectivity index is 2.41. The maximum Gasteiger partial charge on any atom is 0.322 e. The summed E-state index contributed by atoms with van der Waals surface area (Å²) in [5.74, 6) is -0.0948. The Hall–Kier alpha value is -2.11. The van der Waals surface area contributed by atoms with Crippen LogP contribution in [0.4, 0.5) is 9.18 Å². The van der Waals surface area contributed by atoms with Crippen molar-refractivity contribution in [1.29, 1.82) is 0 Å². The summed E-state index contributed by atoms with van der Waals surface area (Å²) in [5, 5.41) is 4.33. The molecule has 1 saturated heterocycles. The number of rotatable bonds is 3. The van der Waals surface area contributed by atoms with Crippen molar-refractivity contribution in [2.75, 3.05) is 13.8 Å². The molecule has 5 nitrogen and oxygen atoms in total. The summed E-state index contributed by atoms with van der Waals surface area (Å²) in [5.41, 5.74) is -1.24. The van der Waals surface area contributed by atoms with Gasteiger partial charge in [-0.1, -0.05) is 12.1 Å². The molecule has 0 saturated carbocycles. The van der Waals surface area contributed by atoms with Crippen molar-refractivity contribution < 1.29 is 18.7 Å². The third kappa shape index (κ3) is 1.71. The Bertz CT molecular complexity index is 460. The number of benzene rings is 1. The first kappa shape index (κ1) is 11.4. The van der Waals surface area contributed by atoms with Gasteiger partial charge in [0.15, 0.2) is 5.54 Å². The number of imide groups is 1. The SMILES string of the molecule is COc1ccc(C2(CF)NC(=O)NC2=O)cc1. The van der Waals surface area contributed by atoms with Crippen LogP contribution >= 0.6 is 0 Å². The lowest BCUT2D eigenvalue weighted by molar-refractivity contribution is -0.124. The molecule has 6 heteroatoms. The molecule has 1 fully saturated rings. The molecule has 1 heterocycles. The number of ether oxygens (including phenoxy) is 1. The summed E-state index contributed by atoms with van der Waals surface area (Å²) >= 11 is 0. The molecule has 90 valence electrons. The highest BCUT2D eigenvalue weighted by molar-refractivity contribution is 6.07. The minimum absolute atomic E-state index is 0.379. The fourth-order valence-electron chi connectivity index (χ4n) is 1.74. The molecule has 0 aromatic heterocycles. The minimum atomic E-state index is -1.62. The van der Waals surface area contributed by atoms with E-state index >= 15 is 0 Å². The van der Waals surface area contributed by atoms with Crippen molar-refractivity contribution in [2.24, 2.45) is 0 Å². The second-order valence-corrected chi connectivity index (χ2v) is 3.68. The van der Waals surface area contributed by atoms with E-state index < -0.39 is 24.2 Å². The van der Waals surface area contributed by atoms with Crippen molar-refractivity contribution in [1.82, 2.24) is 10.6 Å². The highest BCUT2D eigenvalue weighted by atomic mass is 19.1. The fourth-order valence-corrected chi connectivity index (χ4v) is 1.74. The summed E-state index contributed by atoms with van der Waals surface area (Å²) in [6, 6.07) is 5.60. The maximum atomic E-state index is 13.1. The van der Waals surface area contributed by atoms with E-state index in [0.29, 0.717) is 11.3 Å². The van der Waals surface area contributed by atoms with Gasteiger partial charge in [0.2, 0.25) is 0 Å². The van der Waals surface area contributed by atoms with Crippen molar-refractivity contribution in [2.45, 2.75) is 5.54 Å². The molecule has 1 unspecified atom stereocenters. The number of halogens is 1. The molecule has 1 aliphatic heterocycles. The third-order valence-electron chi connectivity index (χ3n) is 2.72. The topological polar surface area (TPSA) is 67.4 Å². The molecule has 1 aromatic carbocycles. The van der Waals surface area contributed by atoms with Gasteiger partial charge in [0.1, 0.15) is 12.4 Å². The standard InChI is InChI=1S/C11H11FN2O3/c1-17-8-4-2-7(3-5-8)11(6-12)9(15)13-10(16)14-11/h2-5H,6H2,1H3,(H2,13,14,15,16). The van der Waals surface area contributed by atoms with E-state index in [2.05, 4.69) is 5.32 Å². The molecular weight excluding hydrogens is 227 g/mol. The number of carbonyl (C=O) groups excluding carboxylic acids is 2. The highest BCUT2D eigenvalue weighted by Gasteiger charge is 2.48. The van der Waals surface area contributed by atoms with Crippen LogP contribution in [0, 0.1) is 0 Å². The van der Waals surface area contributed by atoms with Crippen LogP contribution in [0.2, 0.25) is 0 Å². The number of carbonyl (C=O) groups is 2. The van der Waals surface area contributed by atoms with Crippen molar-refractivity contribution in [3.63, 3.8) is 0 Å². The second kappa shape index (κ2) is 4.04. The Morgan fingerprint density at radius 3 is 2.35 bits per heavy atom.